The Morgan fingerprint density at radius 1 is 0.900 bits per heavy atom. The van der Waals surface area contributed by atoms with Gasteiger partial charge >= 0.3 is 0 Å². The van der Waals surface area contributed by atoms with Crippen LogP contribution in [-0.2, 0) is 6.42 Å². The molecule has 0 saturated heterocycles. The minimum absolute atomic E-state index is 0.161. The number of nitrogens with two attached hydrogens (primary N) is 1. The van der Waals surface area contributed by atoms with Gasteiger partial charge < -0.3 is 20.3 Å². The van der Waals surface area contributed by atoms with E-state index in [2.05, 4.69) is 0 Å². The molecule has 20 heavy (non-hydrogen) atoms. The molecule has 0 aliphatic heterocycles. The highest BCUT2D eigenvalue weighted by Crippen LogP contribution is 2.15. The predicted molar refractivity (Wildman–Crippen MR) is 79.1 cm³/mol. The SMILES string of the molecule is Nc1cccc(OCCOc2ccc(CCO)cc2)c1. The summed E-state index contributed by atoms with van der Waals surface area (Å²) in [4.78, 5) is 0. The summed E-state index contributed by atoms with van der Waals surface area (Å²) in [6, 6.07) is 15.0. The second-order valence-electron chi connectivity index (χ2n) is 4.39. The van der Waals surface area contributed by atoms with Crippen LogP contribution in [0.25, 0.3) is 0 Å². The van der Waals surface area contributed by atoms with Crippen molar-refractivity contribution in [3.63, 3.8) is 0 Å². The van der Waals surface area contributed by atoms with Gasteiger partial charge in [0.15, 0.2) is 0 Å². The zero-order valence-electron chi connectivity index (χ0n) is 11.3. The number of rotatable bonds is 7. The molecule has 3 N–H and O–H groups in total. The van der Waals surface area contributed by atoms with Gasteiger partial charge in [-0.05, 0) is 36.2 Å². The summed E-state index contributed by atoms with van der Waals surface area (Å²) < 4.78 is 11.1. The molecule has 0 unspecified atom stereocenters. The van der Waals surface area contributed by atoms with Gasteiger partial charge in [0, 0.05) is 18.4 Å². The second kappa shape index (κ2) is 7.40. The van der Waals surface area contributed by atoms with Gasteiger partial charge in [0.25, 0.3) is 0 Å². The number of aliphatic hydroxyl groups is 1. The molecule has 0 aromatic heterocycles. The van der Waals surface area contributed by atoms with E-state index in [1.165, 1.54) is 0 Å². The molecule has 2 aromatic carbocycles. The zero-order chi connectivity index (χ0) is 14.2. The van der Waals surface area contributed by atoms with E-state index >= 15 is 0 Å². The van der Waals surface area contributed by atoms with Crippen molar-refractivity contribution in [2.75, 3.05) is 25.6 Å². The number of aliphatic hydroxyl groups excluding tert-OH is 1. The first-order chi connectivity index (χ1) is 9.78. The van der Waals surface area contributed by atoms with Crippen LogP contribution >= 0.6 is 0 Å². The third-order valence-corrected chi connectivity index (χ3v) is 2.80. The minimum Gasteiger partial charge on any atom is -0.490 e. The Morgan fingerprint density at radius 3 is 2.25 bits per heavy atom. The molecule has 0 fully saturated rings. The van der Waals surface area contributed by atoms with E-state index in [1.54, 1.807) is 6.07 Å². The summed E-state index contributed by atoms with van der Waals surface area (Å²) in [5, 5.41) is 8.83. The standard InChI is InChI=1S/C16H19NO3/c17-14-2-1-3-16(12-14)20-11-10-19-15-6-4-13(5-7-15)8-9-18/h1-7,12,18H,8-11,17H2. The Labute approximate surface area is 118 Å². The lowest BCUT2D eigenvalue weighted by atomic mass is 10.1. The Balaban J connectivity index is 1.73. The number of benzene rings is 2. The Morgan fingerprint density at radius 2 is 1.60 bits per heavy atom. The van der Waals surface area contributed by atoms with Gasteiger partial charge in [-0.3, -0.25) is 0 Å². The lowest BCUT2D eigenvalue weighted by molar-refractivity contribution is 0.217. The van der Waals surface area contributed by atoms with Gasteiger partial charge in [-0.2, -0.15) is 0 Å². The van der Waals surface area contributed by atoms with Crippen molar-refractivity contribution in [1.29, 1.82) is 0 Å². The molecule has 0 heterocycles. The molecule has 0 atom stereocenters. The average Bonchev–Trinajstić information content (AvgIpc) is 2.46. The van der Waals surface area contributed by atoms with Gasteiger partial charge in [-0.15, -0.1) is 0 Å². The molecule has 4 heteroatoms. The smallest absolute Gasteiger partial charge is 0.122 e. The van der Waals surface area contributed by atoms with Crippen LogP contribution in [0.2, 0.25) is 0 Å². The van der Waals surface area contributed by atoms with E-state index in [0.29, 0.717) is 25.3 Å². The lowest BCUT2D eigenvalue weighted by Gasteiger charge is -2.09. The fourth-order valence-corrected chi connectivity index (χ4v) is 1.80. The molecule has 0 spiro atoms. The van der Waals surface area contributed by atoms with E-state index in [1.807, 2.05) is 42.5 Å². The normalized spacial score (nSPS) is 10.2. The average molecular weight is 273 g/mol. The molecule has 2 rings (SSSR count). The van der Waals surface area contributed by atoms with Crippen LogP contribution in [0.1, 0.15) is 5.56 Å². The van der Waals surface area contributed by atoms with Crippen molar-refractivity contribution in [3.05, 3.63) is 54.1 Å². The maximum absolute atomic E-state index is 8.83. The molecular weight excluding hydrogens is 254 g/mol. The van der Waals surface area contributed by atoms with E-state index in [0.717, 1.165) is 17.1 Å². The van der Waals surface area contributed by atoms with Crippen molar-refractivity contribution < 1.29 is 14.6 Å². The van der Waals surface area contributed by atoms with Crippen molar-refractivity contribution >= 4 is 5.69 Å². The predicted octanol–water partition coefficient (Wildman–Crippen LogP) is 2.26. The third kappa shape index (κ3) is 4.48. The van der Waals surface area contributed by atoms with Crippen LogP contribution in [0, 0.1) is 0 Å². The second-order valence-corrected chi connectivity index (χ2v) is 4.39. The fourth-order valence-electron chi connectivity index (χ4n) is 1.80. The summed E-state index contributed by atoms with van der Waals surface area (Å²) in [6.45, 7) is 1.09. The Hall–Kier alpha value is -2.20. The Bertz CT molecular complexity index is 526. The van der Waals surface area contributed by atoms with E-state index < -0.39 is 0 Å². The number of nitrogen functional groups attached to an aromatic ring is 1. The quantitative estimate of drug-likeness (QED) is 0.600. The molecule has 4 nitrogen and oxygen atoms in total. The van der Waals surface area contributed by atoms with Gasteiger partial charge in [0.1, 0.15) is 24.7 Å². The topological polar surface area (TPSA) is 64.7 Å². The molecule has 106 valence electrons. The largest absolute Gasteiger partial charge is 0.490 e. The molecule has 0 aliphatic rings. The van der Waals surface area contributed by atoms with E-state index in [4.69, 9.17) is 20.3 Å². The van der Waals surface area contributed by atoms with Crippen LogP contribution in [0.3, 0.4) is 0 Å². The maximum atomic E-state index is 8.83. The lowest BCUT2D eigenvalue weighted by Crippen LogP contribution is -2.09. The number of ether oxygens (including phenoxy) is 2. The number of hydrogen-bond acceptors (Lipinski definition) is 4. The van der Waals surface area contributed by atoms with Gasteiger partial charge in [0.2, 0.25) is 0 Å². The van der Waals surface area contributed by atoms with Crippen LogP contribution in [-0.4, -0.2) is 24.9 Å². The van der Waals surface area contributed by atoms with Crippen LogP contribution in [0.5, 0.6) is 11.5 Å². The highest BCUT2D eigenvalue weighted by atomic mass is 16.5. The monoisotopic (exact) mass is 273 g/mol. The summed E-state index contributed by atoms with van der Waals surface area (Å²) in [5.41, 5.74) is 7.44. The van der Waals surface area contributed by atoms with Crippen molar-refractivity contribution in [2.24, 2.45) is 0 Å². The molecular formula is C16H19NO3. The summed E-state index contributed by atoms with van der Waals surface area (Å²) in [7, 11) is 0. The first kappa shape index (κ1) is 14.2. The zero-order valence-corrected chi connectivity index (χ0v) is 11.3. The van der Waals surface area contributed by atoms with Gasteiger partial charge in [0.05, 0.1) is 0 Å². The van der Waals surface area contributed by atoms with Crippen LogP contribution in [0.4, 0.5) is 5.69 Å². The molecule has 0 aliphatic carbocycles. The first-order valence-corrected chi connectivity index (χ1v) is 6.59. The molecule has 0 saturated carbocycles. The Kier molecular flexibility index (Phi) is 5.26. The summed E-state index contributed by atoms with van der Waals surface area (Å²) in [5.74, 6) is 1.54. The van der Waals surface area contributed by atoms with Gasteiger partial charge in [-0.1, -0.05) is 18.2 Å². The molecule has 0 amide bonds. The fraction of sp³-hybridized carbons (Fsp3) is 0.250. The van der Waals surface area contributed by atoms with E-state index in [-0.39, 0.29) is 6.61 Å². The summed E-state index contributed by atoms with van der Waals surface area (Å²) >= 11 is 0. The first-order valence-electron chi connectivity index (χ1n) is 6.59. The van der Waals surface area contributed by atoms with Crippen molar-refractivity contribution in [1.82, 2.24) is 0 Å². The number of anilines is 1. The molecule has 0 radical (unpaired) electrons. The van der Waals surface area contributed by atoms with Crippen LogP contribution in [0.15, 0.2) is 48.5 Å². The minimum atomic E-state index is 0.161. The van der Waals surface area contributed by atoms with E-state index in [9.17, 15) is 0 Å². The third-order valence-electron chi connectivity index (χ3n) is 2.80. The molecule has 2 aromatic rings. The molecule has 0 bridgehead atoms. The number of hydrogen-bond donors (Lipinski definition) is 2. The summed E-state index contributed by atoms with van der Waals surface area (Å²) in [6.07, 6.45) is 0.665. The van der Waals surface area contributed by atoms with Crippen LogP contribution < -0.4 is 15.2 Å². The van der Waals surface area contributed by atoms with Crippen molar-refractivity contribution in [3.8, 4) is 11.5 Å². The maximum Gasteiger partial charge on any atom is 0.122 e. The highest BCUT2D eigenvalue weighted by molar-refractivity contribution is 5.43. The van der Waals surface area contributed by atoms with Crippen molar-refractivity contribution in [2.45, 2.75) is 6.42 Å². The van der Waals surface area contributed by atoms with Gasteiger partial charge in [-0.25, -0.2) is 0 Å². The highest BCUT2D eigenvalue weighted by Gasteiger charge is 1.97.